The minimum Gasteiger partial charge on any atom is -0.341 e. The van der Waals surface area contributed by atoms with E-state index in [-0.39, 0.29) is 11.2 Å². The predicted octanol–water partition coefficient (Wildman–Crippen LogP) is 4.75. The smallest absolute Gasteiger partial charge is 0.240 e. The van der Waals surface area contributed by atoms with E-state index in [1.807, 2.05) is 53.4 Å². The summed E-state index contributed by atoms with van der Waals surface area (Å²) in [5.74, 6) is 0.211. The molecule has 4 rings (SSSR count). The van der Waals surface area contributed by atoms with Gasteiger partial charge in [0.15, 0.2) is 4.34 Å². The number of thiazole rings is 1. The molecule has 3 nitrogen and oxygen atoms in total. The molecular weight excluding hydrogens is 336 g/mol. The van der Waals surface area contributed by atoms with Gasteiger partial charge < -0.3 is 4.90 Å². The fraction of sp³-hybridized carbons (Fsp3) is 0.263. The lowest BCUT2D eigenvalue weighted by molar-refractivity contribution is -0.129. The first-order valence-electron chi connectivity index (χ1n) is 8.17. The summed E-state index contributed by atoms with van der Waals surface area (Å²) in [5.41, 5.74) is 2.06. The van der Waals surface area contributed by atoms with Crippen LogP contribution in [0.15, 0.2) is 58.9 Å². The Morgan fingerprint density at radius 3 is 2.50 bits per heavy atom. The van der Waals surface area contributed by atoms with Crippen LogP contribution in [-0.4, -0.2) is 28.9 Å². The number of aromatic nitrogens is 1. The monoisotopic (exact) mass is 354 g/mol. The molecule has 1 atom stereocenters. The number of carbonyl (C=O) groups excluding carboxylic acids is 1. The maximum Gasteiger partial charge on any atom is 0.240 e. The summed E-state index contributed by atoms with van der Waals surface area (Å²) in [6.45, 7) is 1.76. The molecule has 1 amide bonds. The van der Waals surface area contributed by atoms with Gasteiger partial charge in [-0.1, -0.05) is 54.2 Å². The van der Waals surface area contributed by atoms with Crippen LogP contribution in [-0.2, 0) is 4.79 Å². The first-order chi connectivity index (χ1) is 11.8. The predicted molar refractivity (Wildman–Crippen MR) is 100 cm³/mol. The van der Waals surface area contributed by atoms with E-state index in [0.717, 1.165) is 41.4 Å². The molecule has 0 saturated carbocycles. The van der Waals surface area contributed by atoms with Crippen molar-refractivity contribution in [2.24, 2.45) is 0 Å². The molecule has 0 unspecified atom stereocenters. The summed E-state index contributed by atoms with van der Waals surface area (Å²) in [6.07, 6.45) is 2.22. The number of benzene rings is 2. The van der Waals surface area contributed by atoms with Gasteiger partial charge in [0.05, 0.1) is 10.2 Å². The van der Waals surface area contributed by atoms with Crippen LogP contribution in [0, 0.1) is 0 Å². The average molecular weight is 355 g/mol. The van der Waals surface area contributed by atoms with Gasteiger partial charge in [-0.05, 0) is 30.5 Å². The lowest BCUT2D eigenvalue weighted by Crippen LogP contribution is -2.31. The van der Waals surface area contributed by atoms with Crippen molar-refractivity contribution in [1.29, 1.82) is 0 Å². The fourth-order valence-corrected chi connectivity index (χ4v) is 5.34. The zero-order valence-electron chi connectivity index (χ0n) is 13.2. The Kier molecular flexibility index (Phi) is 4.54. The number of carbonyl (C=O) groups is 1. The molecule has 5 heteroatoms. The zero-order valence-corrected chi connectivity index (χ0v) is 14.9. The molecule has 0 bridgehead atoms. The maximum absolute atomic E-state index is 13.0. The molecule has 0 aliphatic carbocycles. The van der Waals surface area contributed by atoms with Crippen molar-refractivity contribution in [3.8, 4) is 0 Å². The minimum absolute atomic E-state index is 0.211. The van der Waals surface area contributed by atoms with Gasteiger partial charge in [-0.3, -0.25) is 4.79 Å². The van der Waals surface area contributed by atoms with Gasteiger partial charge >= 0.3 is 0 Å². The molecule has 24 heavy (non-hydrogen) atoms. The van der Waals surface area contributed by atoms with Gasteiger partial charge in [-0.15, -0.1) is 11.3 Å². The lowest BCUT2D eigenvalue weighted by atomic mass is 10.1. The Morgan fingerprint density at radius 2 is 1.75 bits per heavy atom. The van der Waals surface area contributed by atoms with Crippen LogP contribution < -0.4 is 0 Å². The third-order valence-electron chi connectivity index (χ3n) is 4.24. The van der Waals surface area contributed by atoms with Crippen LogP contribution in [0.2, 0.25) is 0 Å². The Bertz CT molecular complexity index is 808. The average Bonchev–Trinajstić information content (AvgIpc) is 3.29. The second-order valence-electron chi connectivity index (χ2n) is 5.89. The number of para-hydroxylation sites is 1. The van der Waals surface area contributed by atoms with Crippen molar-refractivity contribution < 1.29 is 4.79 Å². The van der Waals surface area contributed by atoms with Crippen molar-refractivity contribution in [2.45, 2.75) is 22.4 Å². The van der Waals surface area contributed by atoms with E-state index in [0.29, 0.717) is 0 Å². The number of rotatable bonds is 4. The van der Waals surface area contributed by atoms with Crippen LogP contribution in [0.25, 0.3) is 10.2 Å². The quantitative estimate of drug-likeness (QED) is 0.634. The first kappa shape index (κ1) is 15.7. The largest absolute Gasteiger partial charge is 0.341 e. The molecule has 1 aromatic heterocycles. The molecule has 2 heterocycles. The van der Waals surface area contributed by atoms with Crippen LogP contribution >= 0.6 is 23.1 Å². The van der Waals surface area contributed by atoms with E-state index in [4.69, 9.17) is 4.98 Å². The zero-order chi connectivity index (χ0) is 16.4. The highest BCUT2D eigenvalue weighted by Gasteiger charge is 2.29. The van der Waals surface area contributed by atoms with Crippen molar-refractivity contribution in [3.63, 3.8) is 0 Å². The number of fused-ring (bicyclic) bond motifs is 1. The molecule has 1 fully saturated rings. The molecule has 122 valence electrons. The third kappa shape index (κ3) is 3.19. The van der Waals surface area contributed by atoms with Gasteiger partial charge in [0.2, 0.25) is 5.91 Å². The molecule has 0 radical (unpaired) electrons. The number of hydrogen-bond donors (Lipinski definition) is 0. The van der Waals surface area contributed by atoms with Crippen LogP contribution in [0.3, 0.4) is 0 Å². The molecule has 0 spiro atoms. The van der Waals surface area contributed by atoms with E-state index < -0.39 is 0 Å². The Balaban J connectivity index is 1.65. The summed E-state index contributed by atoms with van der Waals surface area (Å²) in [6, 6.07) is 18.2. The second-order valence-corrected chi connectivity index (χ2v) is 8.27. The minimum atomic E-state index is -0.218. The topological polar surface area (TPSA) is 33.2 Å². The summed E-state index contributed by atoms with van der Waals surface area (Å²) in [7, 11) is 0. The summed E-state index contributed by atoms with van der Waals surface area (Å²) >= 11 is 3.24. The van der Waals surface area contributed by atoms with E-state index >= 15 is 0 Å². The molecule has 1 saturated heterocycles. The Morgan fingerprint density at radius 1 is 1.04 bits per heavy atom. The van der Waals surface area contributed by atoms with Crippen molar-refractivity contribution >= 4 is 39.2 Å². The number of nitrogens with zero attached hydrogens (tertiary/aromatic N) is 2. The first-order valence-corrected chi connectivity index (χ1v) is 9.87. The summed E-state index contributed by atoms with van der Waals surface area (Å²) in [5, 5.41) is -0.218. The van der Waals surface area contributed by atoms with Gasteiger partial charge in [-0.2, -0.15) is 0 Å². The van der Waals surface area contributed by atoms with Crippen LogP contribution in [0.5, 0.6) is 0 Å². The molecule has 3 aromatic rings. The third-order valence-corrected chi connectivity index (χ3v) is 6.61. The van der Waals surface area contributed by atoms with Crippen LogP contribution in [0.4, 0.5) is 0 Å². The van der Waals surface area contributed by atoms with Crippen molar-refractivity contribution in [3.05, 3.63) is 60.2 Å². The fourth-order valence-electron chi connectivity index (χ4n) is 2.99. The number of amides is 1. The second kappa shape index (κ2) is 6.95. The van der Waals surface area contributed by atoms with Gasteiger partial charge in [0, 0.05) is 13.1 Å². The molecule has 1 aliphatic rings. The van der Waals surface area contributed by atoms with Crippen LogP contribution in [0.1, 0.15) is 23.7 Å². The molecular formula is C19H18N2OS2. The van der Waals surface area contributed by atoms with E-state index in [1.165, 1.54) is 4.70 Å². The van der Waals surface area contributed by atoms with E-state index in [2.05, 4.69) is 6.07 Å². The van der Waals surface area contributed by atoms with Crippen molar-refractivity contribution in [2.75, 3.05) is 13.1 Å². The highest BCUT2D eigenvalue weighted by atomic mass is 32.2. The highest BCUT2D eigenvalue weighted by molar-refractivity contribution is 8.02. The Labute approximate surface area is 149 Å². The lowest BCUT2D eigenvalue weighted by Gasteiger charge is -2.22. The summed E-state index contributed by atoms with van der Waals surface area (Å²) in [4.78, 5) is 19.7. The van der Waals surface area contributed by atoms with Gasteiger partial charge in [0.1, 0.15) is 5.25 Å². The highest BCUT2D eigenvalue weighted by Crippen LogP contribution is 2.40. The maximum atomic E-state index is 13.0. The number of thioether (sulfide) groups is 1. The van der Waals surface area contributed by atoms with Gasteiger partial charge in [-0.25, -0.2) is 4.98 Å². The Hall–Kier alpha value is -1.85. The molecule has 2 aromatic carbocycles. The standard InChI is InChI=1S/C19H18N2OS2/c22-18(21-12-6-7-13-21)17(14-8-2-1-3-9-14)24-19-20-15-10-4-5-11-16(15)23-19/h1-5,8-11,17H,6-7,12-13H2/t17-/m1/s1. The molecule has 0 N–H and O–H groups in total. The normalized spacial score (nSPS) is 15.8. The number of hydrogen-bond acceptors (Lipinski definition) is 4. The van der Waals surface area contributed by atoms with E-state index in [9.17, 15) is 4.79 Å². The molecule has 1 aliphatic heterocycles. The SMILES string of the molecule is O=C([C@H](Sc1nc2ccccc2s1)c1ccccc1)N1CCCC1. The number of likely N-dealkylation sites (tertiary alicyclic amines) is 1. The van der Waals surface area contributed by atoms with E-state index in [1.54, 1.807) is 23.1 Å². The van der Waals surface area contributed by atoms with Crippen molar-refractivity contribution in [1.82, 2.24) is 9.88 Å². The summed E-state index contributed by atoms with van der Waals surface area (Å²) < 4.78 is 2.12. The van der Waals surface area contributed by atoms with Gasteiger partial charge in [0.25, 0.3) is 0 Å².